The molecule has 0 saturated carbocycles. The molecule has 0 aromatic carbocycles. The highest BCUT2D eigenvalue weighted by Crippen LogP contribution is 2.06. The third-order valence-electron chi connectivity index (χ3n) is 4.95. The van der Waals surface area contributed by atoms with Crippen LogP contribution in [-0.4, -0.2) is 99.2 Å². The summed E-state index contributed by atoms with van der Waals surface area (Å²) in [4.78, 5) is 60.5. The Hall–Kier alpha value is -3.37. The van der Waals surface area contributed by atoms with Crippen LogP contribution in [0.1, 0.15) is 25.0 Å². The standard InChI is InChI=1S/C20H35N9O6S/c1-36-6-4-14(19(34)35)28-18(33)15(7-11-8-24-10-26-11)29-17(32)13(3-2-5-25-20(22)23)27-16(31)12(21)9-30/h8,10,12-15,30H,2-7,9,21H2,1H3,(H,24,26)(H,27,31)(H,28,33)(H,29,32)(H,34,35)(H4,22,23,25). The van der Waals surface area contributed by atoms with Gasteiger partial charge in [0.2, 0.25) is 17.7 Å². The summed E-state index contributed by atoms with van der Waals surface area (Å²) >= 11 is 1.43. The van der Waals surface area contributed by atoms with Crippen molar-refractivity contribution in [1.82, 2.24) is 25.9 Å². The third kappa shape index (κ3) is 11.4. The summed E-state index contributed by atoms with van der Waals surface area (Å²) in [6.07, 6.45) is 5.24. The van der Waals surface area contributed by atoms with E-state index in [9.17, 15) is 24.3 Å². The largest absolute Gasteiger partial charge is 0.480 e. The highest BCUT2D eigenvalue weighted by atomic mass is 32.2. The number of imidazole rings is 1. The van der Waals surface area contributed by atoms with E-state index < -0.39 is 54.5 Å². The molecule has 0 aliphatic carbocycles. The van der Waals surface area contributed by atoms with Gasteiger partial charge < -0.3 is 48.3 Å². The molecule has 1 heterocycles. The first-order valence-corrected chi connectivity index (χ1v) is 12.5. The molecule has 1 aromatic rings. The number of amides is 3. The number of carbonyl (C=O) groups excluding carboxylic acids is 3. The average molecular weight is 530 g/mol. The monoisotopic (exact) mass is 529 g/mol. The van der Waals surface area contributed by atoms with Crippen molar-refractivity contribution in [2.75, 3.05) is 25.2 Å². The maximum Gasteiger partial charge on any atom is 0.326 e. The molecule has 12 N–H and O–H groups in total. The minimum absolute atomic E-state index is 0.0166. The summed E-state index contributed by atoms with van der Waals surface area (Å²) in [5.74, 6) is -3.03. The molecule has 4 unspecified atom stereocenters. The van der Waals surface area contributed by atoms with Crippen molar-refractivity contribution >= 4 is 41.4 Å². The van der Waals surface area contributed by atoms with Crippen LogP contribution in [0, 0.1) is 0 Å². The van der Waals surface area contributed by atoms with Crippen molar-refractivity contribution in [3.8, 4) is 0 Å². The van der Waals surface area contributed by atoms with Crippen molar-refractivity contribution in [3.05, 3.63) is 18.2 Å². The van der Waals surface area contributed by atoms with Gasteiger partial charge in [-0.15, -0.1) is 0 Å². The van der Waals surface area contributed by atoms with E-state index in [1.807, 2.05) is 6.26 Å². The predicted octanol–water partition coefficient (Wildman–Crippen LogP) is -3.38. The Kier molecular flexibility index (Phi) is 13.9. The maximum atomic E-state index is 13.1. The van der Waals surface area contributed by atoms with E-state index in [-0.39, 0.29) is 31.8 Å². The molecular formula is C20H35N9O6S. The van der Waals surface area contributed by atoms with Crippen LogP contribution < -0.4 is 33.2 Å². The zero-order chi connectivity index (χ0) is 27.1. The van der Waals surface area contributed by atoms with Crippen molar-refractivity contribution in [2.24, 2.45) is 22.2 Å². The molecule has 36 heavy (non-hydrogen) atoms. The van der Waals surface area contributed by atoms with Crippen molar-refractivity contribution in [1.29, 1.82) is 0 Å². The number of aromatic amines is 1. The maximum absolute atomic E-state index is 13.1. The number of nitrogens with two attached hydrogens (primary N) is 3. The lowest BCUT2D eigenvalue weighted by molar-refractivity contribution is -0.142. The Bertz CT molecular complexity index is 879. The lowest BCUT2D eigenvalue weighted by atomic mass is 10.1. The fraction of sp³-hybridized carbons (Fsp3) is 0.600. The van der Waals surface area contributed by atoms with Gasteiger partial charge >= 0.3 is 5.97 Å². The van der Waals surface area contributed by atoms with Gasteiger partial charge in [0.05, 0.1) is 12.9 Å². The van der Waals surface area contributed by atoms with Gasteiger partial charge in [0, 0.05) is 24.9 Å². The van der Waals surface area contributed by atoms with Crippen molar-refractivity contribution in [2.45, 2.75) is 49.9 Å². The Morgan fingerprint density at radius 3 is 2.28 bits per heavy atom. The smallest absolute Gasteiger partial charge is 0.326 e. The quantitative estimate of drug-likeness (QED) is 0.0545. The van der Waals surface area contributed by atoms with E-state index in [1.54, 1.807) is 0 Å². The van der Waals surface area contributed by atoms with E-state index in [2.05, 4.69) is 30.9 Å². The number of aliphatic imine (C=N–C) groups is 1. The molecule has 15 nitrogen and oxygen atoms in total. The van der Waals surface area contributed by atoms with Gasteiger partial charge in [-0.2, -0.15) is 11.8 Å². The van der Waals surface area contributed by atoms with E-state index in [0.29, 0.717) is 17.9 Å². The number of H-pyrrole nitrogens is 1. The van der Waals surface area contributed by atoms with E-state index in [1.165, 1.54) is 24.3 Å². The van der Waals surface area contributed by atoms with Crippen LogP contribution in [-0.2, 0) is 25.6 Å². The summed E-state index contributed by atoms with van der Waals surface area (Å²) in [7, 11) is 0. The number of aromatic nitrogens is 2. The number of aliphatic hydroxyl groups is 1. The number of hydrogen-bond donors (Lipinski definition) is 9. The normalized spacial score (nSPS) is 14.1. The van der Waals surface area contributed by atoms with Crippen LogP contribution in [0.4, 0.5) is 0 Å². The Morgan fingerprint density at radius 2 is 1.72 bits per heavy atom. The molecule has 0 aliphatic rings. The SMILES string of the molecule is CSCCC(NC(=O)C(Cc1cnc[nH]1)NC(=O)C(CCCN=C(N)N)NC(=O)C(N)CO)C(=O)O. The first-order chi connectivity index (χ1) is 17.1. The van der Waals surface area contributed by atoms with Gasteiger partial charge in [0.25, 0.3) is 0 Å². The molecule has 0 aliphatic heterocycles. The van der Waals surface area contributed by atoms with Crippen LogP contribution in [0.5, 0.6) is 0 Å². The van der Waals surface area contributed by atoms with Gasteiger partial charge in [0.1, 0.15) is 24.2 Å². The summed E-state index contributed by atoms with van der Waals surface area (Å²) in [6.45, 7) is -0.451. The molecule has 0 saturated heterocycles. The second kappa shape index (κ2) is 16.3. The van der Waals surface area contributed by atoms with Gasteiger partial charge in [-0.25, -0.2) is 9.78 Å². The number of thioether (sulfide) groups is 1. The summed E-state index contributed by atoms with van der Waals surface area (Å²) in [6, 6.07) is -4.72. The lowest BCUT2D eigenvalue weighted by Gasteiger charge is -2.25. The van der Waals surface area contributed by atoms with Crippen LogP contribution in [0.15, 0.2) is 17.5 Å². The van der Waals surface area contributed by atoms with Crippen LogP contribution in [0.3, 0.4) is 0 Å². The zero-order valence-electron chi connectivity index (χ0n) is 20.0. The van der Waals surface area contributed by atoms with Gasteiger partial charge in [0.15, 0.2) is 5.96 Å². The minimum Gasteiger partial charge on any atom is -0.480 e. The van der Waals surface area contributed by atoms with E-state index in [0.717, 1.165) is 0 Å². The number of guanidine groups is 1. The van der Waals surface area contributed by atoms with E-state index in [4.69, 9.17) is 22.3 Å². The van der Waals surface area contributed by atoms with E-state index >= 15 is 0 Å². The molecule has 16 heteroatoms. The average Bonchev–Trinajstić information content (AvgIpc) is 3.35. The third-order valence-corrected chi connectivity index (χ3v) is 5.59. The number of nitrogens with one attached hydrogen (secondary N) is 4. The number of carboxylic acids is 1. The minimum atomic E-state index is -1.25. The highest BCUT2D eigenvalue weighted by Gasteiger charge is 2.30. The molecule has 0 spiro atoms. The second-order valence-corrected chi connectivity index (χ2v) is 8.81. The van der Waals surface area contributed by atoms with Crippen LogP contribution >= 0.6 is 11.8 Å². The zero-order valence-corrected chi connectivity index (χ0v) is 20.8. The molecule has 1 rings (SSSR count). The van der Waals surface area contributed by atoms with Crippen molar-refractivity contribution in [3.63, 3.8) is 0 Å². The Labute approximate surface area is 212 Å². The number of rotatable bonds is 17. The molecule has 0 radical (unpaired) electrons. The van der Waals surface area contributed by atoms with Gasteiger partial charge in [-0.05, 0) is 31.3 Å². The van der Waals surface area contributed by atoms with Crippen LogP contribution in [0.2, 0.25) is 0 Å². The molecule has 202 valence electrons. The molecule has 4 atom stereocenters. The highest BCUT2D eigenvalue weighted by molar-refractivity contribution is 7.98. The summed E-state index contributed by atoms with van der Waals surface area (Å²) in [5, 5.41) is 26.1. The summed E-state index contributed by atoms with van der Waals surface area (Å²) < 4.78 is 0. The first-order valence-electron chi connectivity index (χ1n) is 11.1. The molecule has 0 bridgehead atoms. The van der Waals surface area contributed by atoms with Crippen LogP contribution in [0.25, 0.3) is 0 Å². The Morgan fingerprint density at radius 1 is 1.08 bits per heavy atom. The predicted molar refractivity (Wildman–Crippen MR) is 134 cm³/mol. The number of aliphatic carboxylic acids is 1. The first kappa shape index (κ1) is 30.7. The summed E-state index contributed by atoms with van der Waals surface area (Å²) in [5.41, 5.74) is 16.7. The molecule has 1 aromatic heterocycles. The lowest BCUT2D eigenvalue weighted by Crippen LogP contribution is -2.58. The topological polar surface area (TPSA) is 264 Å². The number of carbonyl (C=O) groups is 4. The molecule has 0 fully saturated rings. The fourth-order valence-electron chi connectivity index (χ4n) is 3.00. The number of carboxylic acid groups (broad SMARTS) is 1. The van der Waals surface area contributed by atoms with Gasteiger partial charge in [-0.1, -0.05) is 0 Å². The fourth-order valence-corrected chi connectivity index (χ4v) is 3.47. The number of aliphatic hydroxyl groups excluding tert-OH is 1. The second-order valence-electron chi connectivity index (χ2n) is 7.82. The van der Waals surface area contributed by atoms with Gasteiger partial charge in [-0.3, -0.25) is 19.4 Å². The molecule has 3 amide bonds. The number of hydrogen-bond acceptors (Lipinski definition) is 9. The van der Waals surface area contributed by atoms with Crippen molar-refractivity contribution < 1.29 is 29.4 Å². The Balaban J connectivity index is 3.05. The molecular weight excluding hydrogens is 494 g/mol. The number of nitrogens with zero attached hydrogens (tertiary/aromatic N) is 2.